The molecule has 0 unspecified atom stereocenters. The van der Waals surface area contributed by atoms with Crippen molar-refractivity contribution in [3.63, 3.8) is 0 Å². The highest BCUT2D eigenvalue weighted by atomic mass is 16.5. The van der Waals surface area contributed by atoms with Crippen molar-refractivity contribution in [1.29, 1.82) is 0 Å². The molecular formula is C22H22N2O4. The standard InChI is InChI=1S/C22H22N2O4/c1-13-10-15(3)17(11-14(13)2)19(25)12-28-21(26)9-8-20-23-18-7-5-4-6-16(18)22(27)24-20/h4-7,10-11H,8-9,12H2,1-3H3,(H,23,24,27). The summed E-state index contributed by atoms with van der Waals surface area (Å²) < 4.78 is 5.11. The average Bonchev–Trinajstić information content (AvgIpc) is 2.67. The normalized spacial score (nSPS) is 10.8. The van der Waals surface area contributed by atoms with Gasteiger partial charge >= 0.3 is 5.97 Å². The van der Waals surface area contributed by atoms with Crippen molar-refractivity contribution in [3.8, 4) is 0 Å². The molecule has 0 aliphatic rings. The summed E-state index contributed by atoms with van der Waals surface area (Å²) in [5.74, 6) is -0.325. The van der Waals surface area contributed by atoms with Gasteiger partial charge in [0.15, 0.2) is 6.61 Å². The van der Waals surface area contributed by atoms with Gasteiger partial charge in [-0.25, -0.2) is 4.98 Å². The lowest BCUT2D eigenvalue weighted by Crippen LogP contribution is -2.17. The molecule has 0 saturated heterocycles. The summed E-state index contributed by atoms with van der Waals surface area (Å²) in [6.07, 6.45) is 0.260. The van der Waals surface area contributed by atoms with E-state index in [1.807, 2.05) is 32.9 Å². The van der Waals surface area contributed by atoms with Gasteiger partial charge < -0.3 is 9.72 Å². The number of fused-ring (bicyclic) bond motifs is 1. The fourth-order valence-electron chi connectivity index (χ4n) is 3.03. The molecule has 6 heteroatoms. The van der Waals surface area contributed by atoms with E-state index in [0.29, 0.717) is 22.3 Å². The van der Waals surface area contributed by atoms with E-state index in [1.165, 1.54) is 0 Å². The summed E-state index contributed by atoms with van der Waals surface area (Å²) in [5, 5.41) is 0.503. The van der Waals surface area contributed by atoms with E-state index in [1.54, 1.807) is 24.3 Å². The number of aromatic nitrogens is 2. The average molecular weight is 378 g/mol. The van der Waals surface area contributed by atoms with Gasteiger partial charge in [-0.2, -0.15) is 0 Å². The number of rotatable bonds is 6. The molecule has 6 nitrogen and oxygen atoms in total. The lowest BCUT2D eigenvalue weighted by molar-refractivity contribution is -0.142. The first kappa shape index (κ1) is 19.5. The van der Waals surface area contributed by atoms with Crippen molar-refractivity contribution >= 4 is 22.7 Å². The monoisotopic (exact) mass is 378 g/mol. The van der Waals surface area contributed by atoms with Crippen LogP contribution in [0.1, 0.15) is 39.3 Å². The maximum atomic E-state index is 12.4. The van der Waals surface area contributed by atoms with Crippen LogP contribution in [0.15, 0.2) is 41.2 Å². The highest BCUT2D eigenvalue weighted by Crippen LogP contribution is 2.16. The molecule has 0 fully saturated rings. The number of aryl methyl sites for hydroxylation is 4. The Bertz CT molecular complexity index is 1120. The Balaban J connectivity index is 1.58. The highest BCUT2D eigenvalue weighted by molar-refractivity contribution is 5.99. The number of ketones is 1. The van der Waals surface area contributed by atoms with E-state index in [-0.39, 0.29) is 30.8 Å². The Hall–Kier alpha value is -3.28. The molecule has 1 aromatic heterocycles. The van der Waals surface area contributed by atoms with Crippen molar-refractivity contribution in [2.75, 3.05) is 6.61 Å². The van der Waals surface area contributed by atoms with Gasteiger partial charge in [-0.1, -0.05) is 18.2 Å². The van der Waals surface area contributed by atoms with Crippen LogP contribution in [0.3, 0.4) is 0 Å². The first-order chi connectivity index (χ1) is 13.3. The number of Topliss-reactive ketones (excluding diaryl/α,β-unsaturated/α-hetero) is 1. The lowest BCUT2D eigenvalue weighted by Gasteiger charge is -2.09. The quantitative estimate of drug-likeness (QED) is 0.525. The molecule has 28 heavy (non-hydrogen) atoms. The van der Waals surface area contributed by atoms with E-state index in [4.69, 9.17) is 4.74 Å². The van der Waals surface area contributed by atoms with Gasteiger partial charge in [0, 0.05) is 12.0 Å². The number of esters is 1. The van der Waals surface area contributed by atoms with Gasteiger partial charge in [0.2, 0.25) is 5.78 Å². The molecule has 0 spiro atoms. The van der Waals surface area contributed by atoms with Crippen LogP contribution >= 0.6 is 0 Å². The second kappa shape index (κ2) is 8.17. The third-order valence-corrected chi connectivity index (χ3v) is 4.73. The van der Waals surface area contributed by atoms with Crippen LogP contribution < -0.4 is 5.56 Å². The molecule has 3 aromatic rings. The number of para-hydroxylation sites is 1. The van der Waals surface area contributed by atoms with Crippen LogP contribution in [0.25, 0.3) is 10.9 Å². The SMILES string of the molecule is Cc1cc(C)c(C(=O)COC(=O)CCc2nc3ccccc3c(=O)[nH]2)cc1C. The predicted octanol–water partition coefficient (Wildman–Crippen LogP) is 3.21. The topological polar surface area (TPSA) is 89.1 Å². The molecule has 0 amide bonds. The number of H-pyrrole nitrogens is 1. The summed E-state index contributed by atoms with van der Waals surface area (Å²) in [6, 6.07) is 10.8. The molecule has 0 aliphatic heterocycles. The number of carbonyl (C=O) groups excluding carboxylic acids is 2. The number of hydrogen-bond donors (Lipinski definition) is 1. The van der Waals surface area contributed by atoms with Crippen LogP contribution in [0, 0.1) is 20.8 Å². The molecule has 2 aromatic carbocycles. The summed E-state index contributed by atoms with van der Waals surface area (Å²) in [7, 11) is 0. The second-order valence-corrected chi connectivity index (χ2v) is 6.87. The van der Waals surface area contributed by atoms with Crippen molar-refractivity contribution < 1.29 is 14.3 Å². The van der Waals surface area contributed by atoms with E-state index in [2.05, 4.69) is 9.97 Å². The molecule has 1 heterocycles. The second-order valence-electron chi connectivity index (χ2n) is 6.87. The summed E-state index contributed by atoms with van der Waals surface area (Å²) >= 11 is 0. The first-order valence-corrected chi connectivity index (χ1v) is 9.10. The number of hydrogen-bond acceptors (Lipinski definition) is 5. The fraction of sp³-hybridized carbons (Fsp3) is 0.273. The Kier molecular flexibility index (Phi) is 5.68. The smallest absolute Gasteiger partial charge is 0.306 e. The number of aromatic amines is 1. The largest absolute Gasteiger partial charge is 0.457 e. The molecule has 0 atom stereocenters. The van der Waals surface area contributed by atoms with Crippen LogP contribution in [-0.4, -0.2) is 28.3 Å². The molecule has 0 saturated carbocycles. The van der Waals surface area contributed by atoms with E-state index in [0.717, 1.165) is 16.7 Å². The van der Waals surface area contributed by atoms with Crippen molar-refractivity contribution in [1.82, 2.24) is 9.97 Å². The Morgan fingerprint density at radius 3 is 2.54 bits per heavy atom. The zero-order chi connectivity index (χ0) is 20.3. The summed E-state index contributed by atoms with van der Waals surface area (Å²) in [5.41, 5.74) is 3.90. The van der Waals surface area contributed by atoms with Crippen molar-refractivity contribution in [2.45, 2.75) is 33.6 Å². The van der Waals surface area contributed by atoms with Gasteiger partial charge in [-0.3, -0.25) is 14.4 Å². The van der Waals surface area contributed by atoms with E-state index >= 15 is 0 Å². The van der Waals surface area contributed by atoms with Crippen molar-refractivity contribution in [3.05, 3.63) is 74.8 Å². The first-order valence-electron chi connectivity index (χ1n) is 9.10. The zero-order valence-corrected chi connectivity index (χ0v) is 16.2. The molecule has 1 N–H and O–H groups in total. The molecule has 0 aliphatic carbocycles. The van der Waals surface area contributed by atoms with Gasteiger partial charge in [0.05, 0.1) is 17.3 Å². The van der Waals surface area contributed by atoms with Crippen LogP contribution in [0.4, 0.5) is 0 Å². The summed E-state index contributed by atoms with van der Waals surface area (Å²) in [4.78, 5) is 43.4. The molecule has 144 valence electrons. The predicted molar refractivity (Wildman–Crippen MR) is 107 cm³/mol. The van der Waals surface area contributed by atoms with E-state index < -0.39 is 5.97 Å². The van der Waals surface area contributed by atoms with Crippen LogP contribution in [0.5, 0.6) is 0 Å². The number of benzene rings is 2. The Morgan fingerprint density at radius 1 is 1.04 bits per heavy atom. The van der Waals surface area contributed by atoms with Crippen molar-refractivity contribution in [2.24, 2.45) is 0 Å². The number of nitrogens with one attached hydrogen (secondary N) is 1. The summed E-state index contributed by atoms with van der Waals surface area (Å²) in [6.45, 7) is 5.49. The molecule has 3 rings (SSSR count). The maximum absolute atomic E-state index is 12.4. The Labute approximate surface area is 162 Å². The van der Waals surface area contributed by atoms with Crippen LogP contribution in [0.2, 0.25) is 0 Å². The Morgan fingerprint density at radius 2 is 1.75 bits per heavy atom. The molecule has 0 bridgehead atoms. The molecular weight excluding hydrogens is 356 g/mol. The number of ether oxygens (including phenoxy) is 1. The van der Waals surface area contributed by atoms with Crippen LogP contribution in [-0.2, 0) is 16.0 Å². The molecule has 0 radical (unpaired) electrons. The maximum Gasteiger partial charge on any atom is 0.306 e. The van der Waals surface area contributed by atoms with Gasteiger partial charge in [0.25, 0.3) is 5.56 Å². The minimum absolute atomic E-state index is 0.0282. The fourth-order valence-corrected chi connectivity index (χ4v) is 3.03. The van der Waals surface area contributed by atoms with Gasteiger partial charge in [0.1, 0.15) is 5.82 Å². The van der Waals surface area contributed by atoms with Gasteiger partial charge in [-0.15, -0.1) is 0 Å². The number of carbonyl (C=O) groups is 2. The minimum atomic E-state index is -0.509. The van der Waals surface area contributed by atoms with Gasteiger partial charge in [-0.05, 0) is 55.7 Å². The highest BCUT2D eigenvalue weighted by Gasteiger charge is 2.14. The third kappa shape index (κ3) is 4.34. The lowest BCUT2D eigenvalue weighted by atomic mass is 9.98. The zero-order valence-electron chi connectivity index (χ0n) is 16.2. The minimum Gasteiger partial charge on any atom is -0.457 e. The number of nitrogens with zero attached hydrogens (tertiary/aromatic N) is 1. The van der Waals surface area contributed by atoms with E-state index in [9.17, 15) is 14.4 Å². The third-order valence-electron chi connectivity index (χ3n) is 4.73.